The number of nitrogens with zero attached hydrogens (tertiary/aromatic N) is 2. The predicted molar refractivity (Wildman–Crippen MR) is 61.5 cm³/mol. The molecule has 0 spiro atoms. The highest BCUT2D eigenvalue weighted by atomic mass is 79.9. The van der Waals surface area contributed by atoms with Crippen LogP contribution in [0.3, 0.4) is 0 Å². The van der Waals surface area contributed by atoms with Gasteiger partial charge in [-0.1, -0.05) is 0 Å². The van der Waals surface area contributed by atoms with Gasteiger partial charge < -0.3 is 9.72 Å². The summed E-state index contributed by atoms with van der Waals surface area (Å²) in [5.41, 5.74) is 1.45. The van der Waals surface area contributed by atoms with Gasteiger partial charge in [0.1, 0.15) is 10.3 Å². The molecular weight excluding hydrogens is 274 g/mol. The SMILES string of the molecule is COc1ccc(-c2nc(C=O)[nH]c2Br)cn1. The Hall–Kier alpha value is -1.69. The second kappa shape index (κ2) is 4.44. The van der Waals surface area contributed by atoms with Gasteiger partial charge in [-0.2, -0.15) is 0 Å². The van der Waals surface area contributed by atoms with E-state index in [-0.39, 0.29) is 5.82 Å². The summed E-state index contributed by atoms with van der Waals surface area (Å²) in [6, 6.07) is 3.55. The highest BCUT2D eigenvalue weighted by Gasteiger charge is 2.10. The Labute approximate surface area is 100 Å². The molecule has 0 aliphatic carbocycles. The molecule has 6 heteroatoms. The van der Waals surface area contributed by atoms with E-state index in [1.54, 1.807) is 19.4 Å². The van der Waals surface area contributed by atoms with Gasteiger partial charge in [-0.25, -0.2) is 9.97 Å². The topological polar surface area (TPSA) is 67.9 Å². The molecule has 5 nitrogen and oxygen atoms in total. The summed E-state index contributed by atoms with van der Waals surface area (Å²) in [5.74, 6) is 0.809. The van der Waals surface area contributed by atoms with Gasteiger partial charge in [-0.05, 0) is 22.0 Å². The first-order valence-electron chi connectivity index (χ1n) is 4.45. The smallest absolute Gasteiger partial charge is 0.212 e. The molecule has 2 aromatic heterocycles. The third kappa shape index (κ3) is 1.96. The fourth-order valence-corrected chi connectivity index (χ4v) is 1.78. The zero-order valence-corrected chi connectivity index (χ0v) is 9.98. The fraction of sp³-hybridized carbons (Fsp3) is 0.100. The molecule has 0 aromatic carbocycles. The Bertz CT molecular complexity index is 507. The Morgan fingerprint density at radius 1 is 1.50 bits per heavy atom. The number of carbonyl (C=O) groups excluding carboxylic acids is 1. The molecule has 0 saturated carbocycles. The Balaban J connectivity index is 2.41. The number of imidazole rings is 1. The first-order valence-corrected chi connectivity index (χ1v) is 5.25. The monoisotopic (exact) mass is 281 g/mol. The Morgan fingerprint density at radius 2 is 2.31 bits per heavy atom. The van der Waals surface area contributed by atoms with Crippen LogP contribution in [-0.2, 0) is 0 Å². The van der Waals surface area contributed by atoms with Gasteiger partial charge >= 0.3 is 0 Å². The molecule has 82 valence electrons. The van der Waals surface area contributed by atoms with E-state index in [2.05, 4.69) is 30.9 Å². The first-order chi connectivity index (χ1) is 7.74. The number of carbonyl (C=O) groups is 1. The van der Waals surface area contributed by atoms with Crippen molar-refractivity contribution < 1.29 is 9.53 Å². The van der Waals surface area contributed by atoms with Crippen molar-refractivity contribution in [3.05, 3.63) is 28.8 Å². The normalized spacial score (nSPS) is 10.1. The quantitative estimate of drug-likeness (QED) is 0.875. The number of aldehydes is 1. The van der Waals surface area contributed by atoms with E-state index >= 15 is 0 Å². The summed E-state index contributed by atoms with van der Waals surface area (Å²) in [4.78, 5) is 21.5. The summed E-state index contributed by atoms with van der Waals surface area (Å²) in [5, 5.41) is 0. The Kier molecular flexibility index (Phi) is 3.00. The van der Waals surface area contributed by atoms with E-state index < -0.39 is 0 Å². The third-order valence-electron chi connectivity index (χ3n) is 2.01. The van der Waals surface area contributed by atoms with Crippen molar-refractivity contribution in [2.45, 2.75) is 0 Å². The minimum Gasteiger partial charge on any atom is -0.481 e. The molecule has 0 aliphatic heterocycles. The summed E-state index contributed by atoms with van der Waals surface area (Å²) in [6.45, 7) is 0. The standard InChI is InChI=1S/C10H8BrN3O2/c1-16-8-3-2-6(4-12-8)9-10(11)14-7(5-15)13-9/h2-5H,1H3,(H,13,14). The number of methoxy groups -OCH3 is 1. The zero-order valence-electron chi connectivity index (χ0n) is 8.40. The van der Waals surface area contributed by atoms with Crippen molar-refractivity contribution in [2.24, 2.45) is 0 Å². The Morgan fingerprint density at radius 3 is 2.81 bits per heavy atom. The number of nitrogens with one attached hydrogen (secondary N) is 1. The largest absolute Gasteiger partial charge is 0.481 e. The lowest BCUT2D eigenvalue weighted by Crippen LogP contribution is -1.88. The molecule has 2 aromatic rings. The maximum Gasteiger partial charge on any atom is 0.212 e. The maximum atomic E-state index is 10.6. The summed E-state index contributed by atoms with van der Waals surface area (Å²) in [6.07, 6.45) is 2.29. The van der Waals surface area contributed by atoms with Crippen LogP contribution >= 0.6 is 15.9 Å². The molecule has 0 saturated heterocycles. The van der Waals surface area contributed by atoms with Gasteiger partial charge in [0.25, 0.3) is 0 Å². The zero-order chi connectivity index (χ0) is 11.5. The highest BCUT2D eigenvalue weighted by molar-refractivity contribution is 9.10. The molecule has 0 amide bonds. The van der Waals surface area contributed by atoms with Crippen LogP contribution in [0.2, 0.25) is 0 Å². The van der Waals surface area contributed by atoms with Crippen LogP contribution in [0.25, 0.3) is 11.3 Å². The van der Waals surface area contributed by atoms with Gasteiger partial charge in [-0.15, -0.1) is 0 Å². The van der Waals surface area contributed by atoms with E-state index in [1.165, 1.54) is 0 Å². The second-order valence-corrected chi connectivity index (χ2v) is 3.78. The summed E-state index contributed by atoms with van der Waals surface area (Å²) in [7, 11) is 1.55. The predicted octanol–water partition coefficient (Wildman–Crippen LogP) is 2.06. The number of halogens is 1. The lowest BCUT2D eigenvalue weighted by atomic mass is 10.2. The van der Waals surface area contributed by atoms with E-state index in [4.69, 9.17) is 4.74 Å². The molecule has 0 aliphatic rings. The third-order valence-corrected chi connectivity index (χ3v) is 2.58. The minimum atomic E-state index is 0.276. The van der Waals surface area contributed by atoms with Crippen LogP contribution in [0.5, 0.6) is 5.88 Å². The van der Waals surface area contributed by atoms with Crippen molar-refractivity contribution in [1.29, 1.82) is 0 Å². The van der Waals surface area contributed by atoms with Gasteiger partial charge in [0.15, 0.2) is 12.1 Å². The molecule has 0 radical (unpaired) electrons. The van der Waals surface area contributed by atoms with Gasteiger partial charge in [0.2, 0.25) is 5.88 Å². The average Bonchev–Trinajstić information content (AvgIpc) is 2.71. The molecule has 16 heavy (non-hydrogen) atoms. The molecule has 0 atom stereocenters. The first kappa shape index (κ1) is 10.8. The number of aromatic amines is 1. The number of aromatic nitrogens is 3. The number of H-pyrrole nitrogens is 1. The average molecular weight is 282 g/mol. The summed E-state index contributed by atoms with van der Waals surface area (Å²) >= 11 is 3.29. The van der Waals surface area contributed by atoms with E-state index in [0.717, 1.165) is 5.56 Å². The van der Waals surface area contributed by atoms with Gasteiger partial charge in [-0.3, -0.25) is 4.79 Å². The van der Waals surface area contributed by atoms with Gasteiger partial charge in [0, 0.05) is 17.8 Å². The van der Waals surface area contributed by atoms with Crippen LogP contribution in [-0.4, -0.2) is 28.3 Å². The van der Waals surface area contributed by atoms with Crippen LogP contribution in [0, 0.1) is 0 Å². The van der Waals surface area contributed by atoms with E-state index in [1.807, 2.05) is 6.07 Å². The maximum absolute atomic E-state index is 10.6. The van der Waals surface area contributed by atoms with Crippen LogP contribution < -0.4 is 4.74 Å². The van der Waals surface area contributed by atoms with Crippen LogP contribution in [0.1, 0.15) is 10.6 Å². The lowest BCUT2D eigenvalue weighted by molar-refractivity contribution is 0.111. The van der Waals surface area contributed by atoms with Crippen molar-refractivity contribution >= 4 is 22.2 Å². The molecule has 0 unspecified atom stereocenters. The molecule has 1 N–H and O–H groups in total. The van der Waals surface area contributed by atoms with Crippen molar-refractivity contribution in [1.82, 2.24) is 15.0 Å². The fourth-order valence-electron chi connectivity index (χ4n) is 1.26. The number of pyridine rings is 1. The number of rotatable bonds is 3. The van der Waals surface area contributed by atoms with Gasteiger partial charge in [0.05, 0.1) is 7.11 Å². The summed E-state index contributed by atoms with van der Waals surface area (Å²) < 4.78 is 5.61. The minimum absolute atomic E-state index is 0.276. The number of hydrogen-bond acceptors (Lipinski definition) is 4. The molecule has 0 fully saturated rings. The molecular formula is C10H8BrN3O2. The number of hydrogen-bond donors (Lipinski definition) is 1. The van der Waals surface area contributed by atoms with Crippen LogP contribution in [0.15, 0.2) is 22.9 Å². The van der Waals surface area contributed by atoms with E-state index in [9.17, 15) is 4.79 Å². The lowest BCUT2D eigenvalue weighted by Gasteiger charge is -1.99. The van der Waals surface area contributed by atoms with Crippen LogP contribution in [0.4, 0.5) is 0 Å². The second-order valence-electron chi connectivity index (χ2n) is 2.99. The molecule has 2 rings (SSSR count). The molecule has 0 bridgehead atoms. The number of ether oxygens (including phenoxy) is 1. The highest BCUT2D eigenvalue weighted by Crippen LogP contribution is 2.25. The van der Waals surface area contributed by atoms with Crippen molar-refractivity contribution in [3.63, 3.8) is 0 Å². The van der Waals surface area contributed by atoms with Crippen molar-refractivity contribution in [3.8, 4) is 17.1 Å². The van der Waals surface area contributed by atoms with E-state index in [0.29, 0.717) is 22.5 Å². The van der Waals surface area contributed by atoms with Crippen molar-refractivity contribution in [2.75, 3.05) is 7.11 Å². The molecule has 2 heterocycles.